The van der Waals surface area contributed by atoms with E-state index < -0.39 is 17.5 Å². The van der Waals surface area contributed by atoms with Crippen LogP contribution in [0.4, 0.5) is 26.0 Å². The molecule has 0 aliphatic carbocycles. The highest BCUT2D eigenvalue weighted by molar-refractivity contribution is 6.02. The molecule has 3 rings (SSSR count). The van der Waals surface area contributed by atoms with Crippen molar-refractivity contribution in [2.75, 3.05) is 10.6 Å². The fourth-order valence-corrected chi connectivity index (χ4v) is 2.49. The SMILES string of the molecule is CC(C)(C)c1ccc(Nc2cnc(C(=O)Nc3ccc(F)cc3F)cn2)cc1. The maximum atomic E-state index is 13.6. The van der Waals surface area contributed by atoms with Gasteiger partial charge in [-0.15, -0.1) is 0 Å². The number of aromatic nitrogens is 2. The van der Waals surface area contributed by atoms with Crippen LogP contribution in [0, 0.1) is 11.6 Å². The van der Waals surface area contributed by atoms with Crippen molar-refractivity contribution in [3.63, 3.8) is 0 Å². The first kappa shape index (κ1) is 19.4. The second-order valence-corrected chi connectivity index (χ2v) is 7.32. The van der Waals surface area contributed by atoms with Crippen LogP contribution in [0.15, 0.2) is 54.9 Å². The van der Waals surface area contributed by atoms with Crippen LogP contribution < -0.4 is 10.6 Å². The minimum absolute atomic E-state index is 0.0114. The van der Waals surface area contributed by atoms with Gasteiger partial charge in [0, 0.05) is 11.8 Å². The smallest absolute Gasteiger partial charge is 0.275 e. The van der Waals surface area contributed by atoms with Crippen molar-refractivity contribution in [2.24, 2.45) is 0 Å². The molecule has 7 heteroatoms. The Hall–Kier alpha value is -3.35. The monoisotopic (exact) mass is 382 g/mol. The van der Waals surface area contributed by atoms with Crippen molar-refractivity contribution in [1.82, 2.24) is 9.97 Å². The first-order valence-electron chi connectivity index (χ1n) is 8.68. The number of nitrogens with one attached hydrogen (secondary N) is 2. The van der Waals surface area contributed by atoms with Crippen LogP contribution in [0.25, 0.3) is 0 Å². The Morgan fingerprint density at radius 1 is 0.964 bits per heavy atom. The summed E-state index contributed by atoms with van der Waals surface area (Å²) in [6.45, 7) is 6.42. The van der Waals surface area contributed by atoms with Gasteiger partial charge in [-0.25, -0.2) is 18.7 Å². The molecule has 0 radical (unpaired) electrons. The Morgan fingerprint density at radius 2 is 1.68 bits per heavy atom. The van der Waals surface area contributed by atoms with E-state index in [9.17, 15) is 13.6 Å². The Labute approximate surface area is 161 Å². The summed E-state index contributed by atoms with van der Waals surface area (Å²) >= 11 is 0. The largest absolute Gasteiger partial charge is 0.339 e. The van der Waals surface area contributed by atoms with E-state index in [1.54, 1.807) is 0 Å². The molecule has 0 aliphatic rings. The van der Waals surface area contributed by atoms with E-state index in [2.05, 4.69) is 41.4 Å². The number of carbonyl (C=O) groups excluding carboxylic acids is 1. The first-order valence-corrected chi connectivity index (χ1v) is 8.68. The Morgan fingerprint density at radius 3 is 2.25 bits per heavy atom. The minimum atomic E-state index is -0.863. The molecular formula is C21H20F2N4O. The lowest BCUT2D eigenvalue weighted by molar-refractivity contribution is 0.102. The number of halogens is 2. The Kier molecular flexibility index (Phi) is 5.35. The van der Waals surface area contributed by atoms with E-state index in [4.69, 9.17) is 0 Å². The molecule has 0 atom stereocenters. The molecule has 1 amide bonds. The number of nitrogens with zero attached hydrogens (tertiary/aromatic N) is 2. The van der Waals surface area contributed by atoms with Crippen LogP contribution in [0.2, 0.25) is 0 Å². The molecule has 144 valence electrons. The zero-order valence-corrected chi connectivity index (χ0v) is 15.8. The van der Waals surface area contributed by atoms with Gasteiger partial charge in [-0.3, -0.25) is 4.79 Å². The quantitative estimate of drug-likeness (QED) is 0.663. The fraction of sp³-hybridized carbons (Fsp3) is 0.190. The molecule has 1 heterocycles. The molecular weight excluding hydrogens is 362 g/mol. The highest BCUT2D eigenvalue weighted by Gasteiger charge is 2.14. The molecule has 0 spiro atoms. The molecule has 1 aromatic heterocycles. The lowest BCUT2D eigenvalue weighted by Gasteiger charge is -2.19. The van der Waals surface area contributed by atoms with E-state index in [1.165, 1.54) is 18.0 Å². The van der Waals surface area contributed by atoms with E-state index in [1.807, 2.05) is 24.3 Å². The molecule has 28 heavy (non-hydrogen) atoms. The minimum Gasteiger partial charge on any atom is -0.339 e. The summed E-state index contributed by atoms with van der Waals surface area (Å²) in [7, 11) is 0. The molecule has 0 fully saturated rings. The Bertz CT molecular complexity index is 981. The second kappa shape index (κ2) is 7.72. The lowest BCUT2D eigenvalue weighted by atomic mass is 9.87. The highest BCUT2D eigenvalue weighted by atomic mass is 19.1. The predicted octanol–water partition coefficient (Wildman–Crippen LogP) is 5.05. The van der Waals surface area contributed by atoms with Gasteiger partial charge >= 0.3 is 0 Å². The summed E-state index contributed by atoms with van der Waals surface area (Å²) in [5.41, 5.74) is 2.00. The average molecular weight is 382 g/mol. The molecule has 0 saturated heterocycles. The van der Waals surface area contributed by atoms with Gasteiger partial charge in [-0.1, -0.05) is 32.9 Å². The average Bonchev–Trinajstić information content (AvgIpc) is 2.64. The number of hydrogen-bond donors (Lipinski definition) is 2. The van der Waals surface area contributed by atoms with Crippen molar-refractivity contribution in [3.05, 3.63) is 77.8 Å². The van der Waals surface area contributed by atoms with Crippen LogP contribution >= 0.6 is 0 Å². The predicted molar refractivity (Wildman–Crippen MR) is 105 cm³/mol. The van der Waals surface area contributed by atoms with Crippen LogP contribution in [0.5, 0.6) is 0 Å². The molecule has 0 unspecified atom stereocenters. The number of hydrogen-bond acceptors (Lipinski definition) is 4. The van der Waals surface area contributed by atoms with Gasteiger partial charge in [0.25, 0.3) is 5.91 Å². The summed E-state index contributed by atoms with van der Waals surface area (Å²) in [4.78, 5) is 20.4. The molecule has 0 bridgehead atoms. The van der Waals surface area contributed by atoms with Gasteiger partial charge < -0.3 is 10.6 Å². The lowest BCUT2D eigenvalue weighted by Crippen LogP contribution is -2.15. The summed E-state index contributed by atoms with van der Waals surface area (Å²) in [5.74, 6) is -1.76. The zero-order chi connectivity index (χ0) is 20.3. The Balaban J connectivity index is 1.66. The summed E-state index contributed by atoms with van der Waals surface area (Å²) < 4.78 is 26.6. The number of rotatable bonds is 4. The van der Waals surface area contributed by atoms with Crippen molar-refractivity contribution in [2.45, 2.75) is 26.2 Å². The molecule has 3 aromatic rings. The van der Waals surface area contributed by atoms with Gasteiger partial charge in [-0.05, 0) is 35.2 Å². The van der Waals surface area contributed by atoms with Crippen LogP contribution in [0.3, 0.4) is 0 Å². The molecule has 2 N–H and O–H groups in total. The molecule has 5 nitrogen and oxygen atoms in total. The van der Waals surface area contributed by atoms with E-state index >= 15 is 0 Å². The van der Waals surface area contributed by atoms with Gasteiger partial charge in [0.15, 0.2) is 0 Å². The van der Waals surface area contributed by atoms with Crippen molar-refractivity contribution in [1.29, 1.82) is 0 Å². The first-order chi connectivity index (χ1) is 13.2. The van der Waals surface area contributed by atoms with Crippen LogP contribution in [0.1, 0.15) is 36.8 Å². The third-order valence-electron chi connectivity index (χ3n) is 4.09. The van der Waals surface area contributed by atoms with Gasteiger partial charge in [-0.2, -0.15) is 0 Å². The number of amides is 1. The summed E-state index contributed by atoms with van der Waals surface area (Å²) in [6, 6.07) is 10.9. The molecule has 0 saturated carbocycles. The van der Waals surface area contributed by atoms with Gasteiger partial charge in [0.2, 0.25) is 0 Å². The van der Waals surface area contributed by atoms with Gasteiger partial charge in [0.05, 0.1) is 18.1 Å². The molecule has 2 aromatic carbocycles. The zero-order valence-electron chi connectivity index (χ0n) is 15.8. The number of carbonyl (C=O) groups is 1. The van der Waals surface area contributed by atoms with E-state index in [0.29, 0.717) is 11.9 Å². The van der Waals surface area contributed by atoms with Gasteiger partial charge in [0.1, 0.15) is 23.1 Å². The van der Waals surface area contributed by atoms with Crippen molar-refractivity contribution < 1.29 is 13.6 Å². The maximum Gasteiger partial charge on any atom is 0.275 e. The number of anilines is 3. The van der Waals surface area contributed by atoms with Crippen molar-refractivity contribution in [3.8, 4) is 0 Å². The van der Waals surface area contributed by atoms with E-state index in [-0.39, 0.29) is 16.8 Å². The highest BCUT2D eigenvalue weighted by Crippen LogP contribution is 2.24. The van der Waals surface area contributed by atoms with Crippen LogP contribution in [-0.4, -0.2) is 15.9 Å². The summed E-state index contributed by atoms with van der Waals surface area (Å²) in [6.07, 6.45) is 2.69. The third kappa shape index (κ3) is 4.68. The second-order valence-electron chi connectivity index (χ2n) is 7.32. The van der Waals surface area contributed by atoms with E-state index in [0.717, 1.165) is 17.8 Å². The van der Waals surface area contributed by atoms with Crippen LogP contribution in [-0.2, 0) is 5.41 Å². The number of benzene rings is 2. The topological polar surface area (TPSA) is 66.9 Å². The third-order valence-corrected chi connectivity index (χ3v) is 4.09. The van der Waals surface area contributed by atoms with Crippen molar-refractivity contribution >= 4 is 23.1 Å². The normalized spacial score (nSPS) is 11.2. The fourth-order valence-electron chi connectivity index (χ4n) is 2.49. The maximum absolute atomic E-state index is 13.6. The standard InChI is InChI=1S/C21H20F2N4O/c1-21(2,3)13-4-7-15(8-5-13)26-19-12-24-18(11-25-19)20(28)27-17-9-6-14(22)10-16(17)23/h4-12H,1-3H3,(H,25,26)(H,27,28). The molecule has 0 aliphatic heterocycles. The summed E-state index contributed by atoms with van der Waals surface area (Å²) in [5, 5.41) is 5.45.